The van der Waals surface area contributed by atoms with Crippen LogP contribution >= 0.6 is 35.0 Å². The lowest BCUT2D eigenvalue weighted by Gasteiger charge is -2.30. The molecule has 0 aromatic carbocycles. The van der Waals surface area contributed by atoms with Crippen LogP contribution in [0.5, 0.6) is 0 Å². The number of hydrogen-bond acceptors (Lipinski definition) is 2. The molecule has 2 nitrogen and oxygen atoms in total. The van der Waals surface area contributed by atoms with Gasteiger partial charge in [0.05, 0.1) is 10.8 Å². The van der Waals surface area contributed by atoms with Gasteiger partial charge in [-0.15, -0.1) is 35.0 Å². The summed E-state index contributed by atoms with van der Waals surface area (Å²) in [6.07, 6.45) is 2.87. The van der Waals surface area contributed by atoms with E-state index in [1.54, 1.807) is 11.8 Å². The zero-order valence-electron chi connectivity index (χ0n) is 8.89. The van der Waals surface area contributed by atoms with Crippen LogP contribution in [0.3, 0.4) is 0 Å². The van der Waals surface area contributed by atoms with Gasteiger partial charge in [0.25, 0.3) is 0 Å². The second kappa shape index (κ2) is 6.21. The lowest BCUT2D eigenvalue weighted by Crippen LogP contribution is -2.53. The molecule has 0 aromatic heterocycles. The van der Waals surface area contributed by atoms with Crippen LogP contribution in [-0.4, -0.2) is 34.2 Å². The third kappa shape index (κ3) is 3.43. The first-order valence-corrected chi connectivity index (χ1v) is 7.35. The maximum absolute atomic E-state index is 11.9. The molecule has 1 unspecified atom stereocenters. The molecule has 1 heterocycles. The van der Waals surface area contributed by atoms with E-state index in [4.69, 9.17) is 23.2 Å². The Morgan fingerprint density at radius 3 is 2.60 bits per heavy atom. The largest absolute Gasteiger partial charge is 0.347 e. The Balaban J connectivity index is 2.53. The van der Waals surface area contributed by atoms with E-state index in [1.165, 1.54) is 0 Å². The van der Waals surface area contributed by atoms with Crippen molar-refractivity contribution in [3.63, 3.8) is 0 Å². The van der Waals surface area contributed by atoms with Crippen LogP contribution in [0.4, 0.5) is 0 Å². The van der Waals surface area contributed by atoms with Crippen molar-refractivity contribution in [1.82, 2.24) is 5.32 Å². The molecule has 0 aromatic rings. The van der Waals surface area contributed by atoms with Crippen LogP contribution < -0.4 is 5.32 Å². The van der Waals surface area contributed by atoms with Gasteiger partial charge in [-0.1, -0.05) is 6.92 Å². The van der Waals surface area contributed by atoms with Gasteiger partial charge in [-0.3, -0.25) is 4.79 Å². The summed E-state index contributed by atoms with van der Waals surface area (Å²) < 4.78 is 0. The Hall–Kier alpha value is 0.400. The van der Waals surface area contributed by atoms with Crippen LogP contribution in [0.2, 0.25) is 0 Å². The molecule has 1 fully saturated rings. The maximum atomic E-state index is 11.9. The van der Waals surface area contributed by atoms with Crippen molar-refractivity contribution in [1.29, 1.82) is 0 Å². The van der Waals surface area contributed by atoms with Crippen LogP contribution in [0.1, 0.15) is 26.2 Å². The summed E-state index contributed by atoms with van der Waals surface area (Å²) in [6, 6.07) is 0. The second-order valence-corrected chi connectivity index (χ2v) is 5.74. The molecule has 1 amide bonds. The topological polar surface area (TPSA) is 29.1 Å². The first kappa shape index (κ1) is 13.5. The van der Waals surface area contributed by atoms with Crippen LogP contribution in [0.25, 0.3) is 0 Å². The fourth-order valence-electron chi connectivity index (χ4n) is 1.51. The van der Waals surface area contributed by atoms with Gasteiger partial charge >= 0.3 is 0 Å². The molecule has 1 N–H and O–H groups in total. The predicted octanol–water partition coefficient (Wildman–Crippen LogP) is 2.62. The molecule has 5 heteroatoms. The predicted molar refractivity (Wildman–Crippen MR) is 68.1 cm³/mol. The molecule has 1 atom stereocenters. The van der Waals surface area contributed by atoms with Crippen molar-refractivity contribution in [2.75, 3.05) is 17.5 Å². The van der Waals surface area contributed by atoms with Crippen molar-refractivity contribution >= 4 is 40.9 Å². The van der Waals surface area contributed by atoms with E-state index in [0.29, 0.717) is 11.8 Å². The third-order valence-corrected chi connectivity index (χ3v) is 5.20. The highest BCUT2D eigenvalue weighted by Gasteiger charge is 2.32. The maximum Gasteiger partial charge on any atom is 0.233 e. The smallest absolute Gasteiger partial charge is 0.233 e. The highest BCUT2D eigenvalue weighted by atomic mass is 35.5. The minimum Gasteiger partial charge on any atom is -0.347 e. The minimum absolute atomic E-state index is 0.0978. The summed E-state index contributed by atoms with van der Waals surface area (Å²) in [4.78, 5) is 11.9. The minimum atomic E-state index is -0.427. The Kier molecular flexibility index (Phi) is 5.58. The van der Waals surface area contributed by atoms with E-state index in [2.05, 4.69) is 5.32 Å². The van der Waals surface area contributed by atoms with E-state index in [0.717, 1.165) is 25.0 Å². The number of halogens is 2. The SMILES string of the molecule is CCC(CCl)(CCl)NC(=O)C1CCCS1. The number of carbonyl (C=O) groups is 1. The number of hydrogen-bond donors (Lipinski definition) is 1. The Labute approximate surface area is 105 Å². The summed E-state index contributed by atoms with van der Waals surface area (Å²) in [5.41, 5.74) is -0.427. The quantitative estimate of drug-likeness (QED) is 0.778. The van der Waals surface area contributed by atoms with Gasteiger partial charge in [0.1, 0.15) is 0 Å². The molecular formula is C10H17Cl2NOS. The second-order valence-electron chi connectivity index (χ2n) is 3.89. The average molecular weight is 270 g/mol. The molecule has 0 radical (unpaired) electrons. The van der Waals surface area contributed by atoms with Crippen LogP contribution in [0.15, 0.2) is 0 Å². The van der Waals surface area contributed by atoms with Crippen LogP contribution in [0, 0.1) is 0 Å². The van der Waals surface area contributed by atoms with Gasteiger partial charge in [0, 0.05) is 11.8 Å². The van der Waals surface area contributed by atoms with E-state index in [-0.39, 0.29) is 11.2 Å². The first-order valence-electron chi connectivity index (χ1n) is 5.23. The molecule has 1 saturated heterocycles. The number of rotatable bonds is 5. The highest BCUT2D eigenvalue weighted by molar-refractivity contribution is 8.00. The summed E-state index contributed by atoms with van der Waals surface area (Å²) >= 11 is 13.5. The molecule has 0 aliphatic carbocycles. The normalized spacial score (nSPS) is 21.7. The van der Waals surface area contributed by atoms with Gasteiger partial charge in [0.2, 0.25) is 5.91 Å². The molecule has 0 saturated carbocycles. The summed E-state index contributed by atoms with van der Waals surface area (Å²) in [7, 11) is 0. The van der Waals surface area contributed by atoms with Crippen molar-refractivity contribution < 1.29 is 4.79 Å². The highest BCUT2D eigenvalue weighted by Crippen LogP contribution is 2.27. The molecule has 15 heavy (non-hydrogen) atoms. The van der Waals surface area contributed by atoms with Gasteiger partial charge in [-0.2, -0.15) is 0 Å². The standard InChI is InChI=1S/C10H17Cl2NOS/c1-2-10(6-11,7-12)13-9(14)8-4-3-5-15-8/h8H,2-7H2,1H3,(H,13,14). The zero-order chi connectivity index (χ0) is 11.3. The van der Waals surface area contributed by atoms with E-state index >= 15 is 0 Å². The van der Waals surface area contributed by atoms with E-state index < -0.39 is 5.54 Å². The number of thioether (sulfide) groups is 1. The molecule has 1 aliphatic rings. The van der Waals surface area contributed by atoms with Gasteiger partial charge < -0.3 is 5.32 Å². The Morgan fingerprint density at radius 1 is 1.53 bits per heavy atom. The van der Waals surface area contributed by atoms with Crippen molar-refractivity contribution in [2.24, 2.45) is 0 Å². The Morgan fingerprint density at radius 2 is 2.20 bits per heavy atom. The molecule has 0 spiro atoms. The third-order valence-electron chi connectivity index (χ3n) is 2.80. The van der Waals surface area contributed by atoms with Crippen molar-refractivity contribution in [2.45, 2.75) is 37.0 Å². The van der Waals surface area contributed by atoms with Gasteiger partial charge in [-0.05, 0) is 25.0 Å². The first-order chi connectivity index (χ1) is 7.17. The number of carbonyl (C=O) groups excluding carboxylic acids is 1. The summed E-state index contributed by atoms with van der Waals surface area (Å²) in [6.45, 7) is 1.99. The van der Waals surface area contributed by atoms with E-state index in [1.807, 2.05) is 6.92 Å². The molecule has 0 bridgehead atoms. The van der Waals surface area contributed by atoms with Crippen molar-refractivity contribution in [3.8, 4) is 0 Å². The van der Waals surface area contributed by atoms with Crippen LogP contribution in [-0.2, 0) is 4.79 Å². The fraction of sp³-hybridized carbons (Fsp3) is 0.900. The monoisotopic (exact) mass is 269 g/mol. The number of alkyl halides is 2. The van der Waals surface area contributed by atoms with Crippen molar-refractivity contribution in [3.05, 3.63) is 0 Å². The molecule has 1 rings (SSSR count). The van der Waals surface area contributed by atoms with Gasteiger partial charge in [-0.25, -0.2) is 0 Å². The average Bonchev–Trinajstić information content (AvgIpc) is 2.79. The molecule has 88 valence electrons. The fourth-order valence-corrected chi connectivity index (χ4v) is 3.46. The molecular weight excluding hydrogens is 253 g/mol. The number of nitrogens with one attached hydrogen (secondary N) is 1. The lowest BCUT2D eigenvalue weighted by atomic mass is 10.0. The summed E-state index contributed by atoms with van der Waals surface area (Å²) in [5, 5.41) is 3.10. The summed E-state index contributed by atoms with van der Waals surface area (Å²) in [5.74, 6) is 1.92. The Bertz CT molecular complexity index is 207. The number of amides is 1. The van der Waals surface area contributed by atoms with E-state index in [9.17, 15) is 4.79 Å². The molecule has 1 aliphatic heterocycles. The zero-order valence-corrected chi connectivity index (χ0v) is 11.2. The lowest BCUT2D eigenvalue weighted by molar-refractivity contribution is -0.122. The van der Waals surface area contributed by atoms with Gasteiger partial charge in [0.15, 0.2) is 0 Å².